The first-order valence-electron chi connectivity index (χ1n) is 17.9. The van der Waals surface area contributed by atoms with Crippen molar-refractivity contribution >= 4 is 32.7 Å². The van der Waals surface area contributed by atoms with Gasteiger partial charge in [-0.3, -0.25) is 0 Å². The van der Waals surface area contributed by atoms with Crippen LogP contribution in [-0.4, -0.2) is 9.55 Å². The fourth-order valence-electron chi connectivity index (χ4n) is 9.18. The van der Waals surface area contributed by atoms with E-state index >= 15 is 0 Å². The highest BCUT2D eigenvalue weighted by Crippen LogP contribution is 2.51. The van der Waals surface area contributed by atoms with Crippen molar-refractivity contribution in [3.05, 3.63) is 180 Å². The molecule has 0 radical (unpaired) electrons. The number of nitrogens with zero attached hydrogens (tertiary/aromatic N) is 2. The first-order valence-corrected chi connectivity index (χ1v) is 17.9. The number of rotatable bonds is 3. The van der Waals surface area contributed by atoms with Gasteiger partial charge in [0.15, 0.2) is 0 Å². The second-order valence-electron chi connectivity index (χ2n) is 14.7. The average molecular weight is 651 g/mol. The van der Waals surface area contributed by atoms with E-state index in [0.717, 1.165) is 23.2 Å². The minimum Gasteiger partial charge on any atom is -0.309 e. The van der Waals surface area contributed by atoms with Crippen molar-refractivity contribution in [1.82, 2.24) is 9.55 Å². The van der Waals surface area contributed by atoms with Crippen LogP contribution in [-0.2, 0) is 11.8 Å². The minimum absolute atomic E-state index is 0.0430. The molecule has 2 aliphatic rings. The van der Waals surface area contributed by atoms with Gasteiger partial charge >= 0.3 is 0 Å². The molecule has 7 aromatic carbocycles. The average Bonchev–Trinajstić information content (AvgIpc) is 3.79. The zero-order chi connectivity index (χ0) is 33.8. The van der Waals surface area contributed by atoms with Crippen LogP contribution in [0.2, 0.25) is 0 Å². The Morgan fingerprint density at radius 3 is 2.16 bits per heavy atom. The van der Waals surface area contributed by atoms with Crippen molar-refractivity contribution in [2.75, 3.05) is 0 Å². The van der Waals surface area contributed by atoms with E-state index < -0.39 is 0 Å². The molecule has 0 amide bonds. The summed E-state index contributed by atoms with van der Waals surface area (Å²) in [6, 6.07) is 58.1. The maximum Gasteiger partial charge on any atom is 0.0715 e. The van der Waals surface area contributed by atoms with Crippen LogP contribution in [0.3, 0.4) is 0 Å². The molecule has 0 aliphatic heterocycles. The van der Waals surface area contributed by atoms with Gasteiger partial charge in [0.05, 0.1) is 27.9 Å². The molecule has 2 nitrogen and oxygen atoms in total. The lowest BCUT2D eigenvalue weighted by atomic mass is 9.82. The van der Waals surface area contributed by atoms with Gasteiger partial charge in [-0.25, -0.2) is 4.98 Å². The summed E-state index contributed by atoms with van der Waals surface area (Å²) in [6.45, 7) is 4.74. The zero-order valence-corrected chi connectivity index (χ0v) is 28.6. The summed E-state index contributed by atoms with van der Waals surface area (Å²) in [5, 5.41) is 3.80. The number of aromatic nitrogens is 2. The second-order valence-corrected chi connectivity index (χ2v) is 14.7. The van der Waals surface area contributed by atoms with E-state index in [4.69, 9.17) is 4.98 Å². The van der Waals surface area contributed by atoms with E-state index in [2.05, 4.69) is 176 Å². The third kappa shape index (κ3) is 4.02. The molecule has 0 spiro atoms. The largest absolute Gasteiger partial charge is 0.309 e. The molecule has 0 saturated heterocycles. The lowest BCUT2D eigenvalue weighted by Crippen LogP contribution is -2.14. The Balaban J connectivity index is 1.09. The van der Waals surface area contributed by atoms with E-state index in [1.165, 1.54) is 88.5 Å². The second kappa shape index (κ2) is 10.4. The van der Waals surface area contributed by atoms with Crippen LogP contribution in [0.5, 0.6) is 0 Å². The highest BCUT2D eigenvalue weighted by atomic mass is 15.0. The maximum absolute atomic E-state index is 5.07. The van der Waals surface area contributed by atoms with Gasteiger partial charge in [-0.2, -0.15) is 0 Å². The van der Waals surface area contributed by atoms with Gasteiger partial charge in [-0.1, -0.05) is 135 Å². The Kier molecular flexibility index (Phi) is 5.82. The summed E-state index contributed by atoms with van der Waals surface area (Å²) in [5.41, 5.74) is 20.3. The number of hydrogen-bond donors (Lipinski definition) is 0. The molecule has 0 bridgehead atoms. The molecule has 2 heterocycles. The quantitative estimate of drug-likeness (QED) is 0.186. The van der Waals surface area contributed by atoms with Gasteiger partial charge in [0, 0.05) is 33.6 Å². The summed E-state index contributed by atoms with van der Waals surface area (Å²) in [4.78, 5) is 5.07. The molecule has 11 rings (SSSR count). The highest BCUT2D eigenvalue weighted by Gasteiger charge is 2.36. The number of pyridine rings is 1. The van der Waals surface area contributed by atoms with E-state index in [1.54, 1.807) is 0 Å². The van der Waals surface area contributed by atoms with Gasteiger partial charge in [-0.15, -0.1) is 0 Å². The summed E-state index contributed by atoms with van der Waals surface area (Å²) < 4.78 is 2.53. The Labute approximate surface area is 297 Å². The third-order valence-corrected chi connectivity index (χ3v) is 11.6. The fourth-order valence-corrected chi connectivity index (χ4v) is 9.18. The molecule has 51 heavy (non-hydrogen) atoms. The number of para-hydroxylation sites is 2. The highest BCUT2D eigenvalue weighted by molar-refractivity contribution is 6.12. The van der Waals surface area contributed by atoms with Crippen LogP contribution >= 0.6 is 0 Å². The topological polar surface area (TPSA) is 17.8 Å². The molecule has 0 unspecified atom stereocenters. The normalized spacial score (nSPS) is 13.8. The number of hydrogen-bond acceptors (Lipinski definition) is 1. The summed E-state index contributed by atoms with van der Waals surface area (Å²) in [6.07, 6.45) is 0.887. The van der Waals surface area contributed by atoms with Crippen LogP contribution in [0.1, 0.15) is 36.1 Å². The van der Waals surface area contributed by atoms with Crippen molar-refractivity contribution in [2.24, 2.45) is 0 Å². The maximum atomic E-state index is 5.07. The monoisotopic (exact) mass is 650 g/mol. The van der Waals surface area contributed by atoms with Gasteiger partial charge < -0.3 is 4.57 Å². The SMILES string of the molecule is CC1(C)c2ccccc2-c2cc3c(cc21)c1ccccc1n3-c1cccc2c1Cc1cc(-c3cc(-c4ccccc4)nc4ccccc34)ccc1-2. The van der Waals surface area contributed by atoms with Gasteiger partial charge in [0.1, 0.15) is 0 Å². The molecule has 2 heteroatoms. The predicted molar refractivity (Wildman–Crippen MR) is 213 cm³/mol. The molecule has 0 fully saturated rings. The lowest BCUT2D eigenvalue weighted by Gasteiger charge is -2.21. The molecule has 2 aromatic heterocycles. The van der Waals surface area contributed by atoms with Crippen molar-refractivity contribution in [3.8, 4) is 50.3 Å². The van der Waals surface area contributed by atoms with Crippen LogP contribution < -0.4 is 0 Å². The first kappa shape index (κ1) is 28.6. The first-order chi connectivity index (χ1) is 25.0. The molecule has 2 aliphatic carbocycles. The Morgan fingerprint density at radius 1 is 0.490 bits per heavy atom. The van der Waals surface area contributed by atoms with Crippen LogP contribution in [0.25, 0.3) is 83.0 Å². The molecule has 240 valence electrons. The van der Waals surface area contributed by atoms with Gasteiger partial charge in [0.25, 0.3) is 0 Å². The van der Waals surface area contributed by atoms with Crippen LogP contribution in [0.4, 0.5) is 0 Å². The van der Waals surface area contributed by atoms with E-state index in [0.29, 0.717) is 0 Å². The van der Waals surface area contributed by atoms with Crippen molar-refractivity contribution in [3.63, 3.8) is 0 Å². The minimum atomic E-state index is -0.0430. The predicted octanol–water partition coefficient (Wildman–Crippen LogP) is 12.5. The van der Waals surface area contributed by atoms with E-state index in [-0.39, 0.29) is 5.41 Å². The van der Waals surface area contributed by atoms with Crippen LogP contribution in [0, 0.1) is 0 Å². The number of benzene rings is 7. The Bertz CT molecular complexity index is 2910. The summed E-state index contributed by atoms with van der Waals surface area (Å²) in [5.74, 6) is 0. The van der Waals surface area contributed by atoms with Crippen molar-refractivity contribution in [1.29, 1.82) is 0 Å². The molecular formula is C49H34N2. The standard InChI is InChI=1S/C49H34N2/c1-49(2)42-19-9-6-15-35(42)39-29-48-41(27-43(39)49)37-17-8-11-21-46(37)51(48)47-22-12-18-34-33-24-23-31(25-32(33)26-40(34)47)38-28-45(30-13-4-3-5-14-30)50-44-20-10-7-16-36(38)44/h3-25,27-29H,26H2,1-2H3. The van der Waals surface area contributed by atoms with Gasteiger partial charge in [0.2, 0.25) is 0 Å². The van der Waals surface area contributed by atoms with E-state index in [1.807, 2.05) is 0 Å². The van der Waals surface area contributed by atoms with E-state index in [9.17, 15) is 0 Å². The Morgan fingerprint density at radius 2 is 1.25 bits per heavy atom. The van der Waals surface area contributed by atoms with Crippen molar-refractivity contribution in [2.45, 2.75) is 25.7 Å². The molecule has 0 N–H and O–H groups in total. The lowest BCUT2D eigenvalue weighted by molar-refractivity contribution is 0.661. The third-order valence-electron chi connectivity index (χ3n) is 11.6. The smallest absolute Gasteiger partial charge is 0.0715 e. The zero-order valence-electron chi connectivity index (χ0n) is 28.6. The van der Waals surface area contributed by atoms with Crippen LogP contribution in [0.15, 0.2) is 158 Å². The summed E-state index contributed by atoms with van der Waals surface area (Å²) in [7, 11) is 0. The van der Waals surface area contributed by atoms with Gasteiger partial charge in [-0.05, 0) is 92.0 Å². The van der Waals surface area contributed by atoms with Crippen molar-refractivity contribution < 1.29 is 0 Å². The number of fused-ring (bicyclic) bond motifs is 10. The molecule has 0 atom stereocenters. The molecule has 0 saturated carbocycles. The Hall–Kier alpha value is -6.25. The fraction of sp³-hybridized carbons (Fsp3) is 0.0816. The molecule has 9 aromatic rings. The summed E-state index contributed by atoms with van der Waals surface area (Å²) >= 11 is 0. The molecular weight excluding hydrogens is 617 g/mol.